The number of pyridine rings is 1. The molecular formula is C9H14N2OS. The minimum atomic E-state index is 0.00866. The van der Waals surface area contributed by atoms with Gasteiger partial charge in [0.05, 0.1) is 0 Å². The Balaban J connectivity index is 2.73. The van der Waals surface area contributed by atoms with Gasteiger partial charge in [0.1, 0.15) is 0 Å². The van der Waals surface area contributed by atoms with Crippen molar-refractivity contribution in [3.63, 3.8) is 0 Å². The van der Waals surface area contributed by atoms with E-state index >= 15 is 0 Å². The van der Waals surface area contributed by atoms with E-state index < -0.39 is 0 Å². The molecule has 0 saturated carbocycles. The van der Waals surface area contributed by atoms with Gasteiger partial charge in [0.2, 0.25) is 0 Å². The molecule has 3 nitrogen and oxygen atoms in total. The average Bonchev–Trinajstić information content (AvgIpc) is 2.02. The molecule has 0 spiro atoms. The first-order chi connectivity index (χ1) is 6.09. The van der Waals surface area contributed by atoms with E-state index in [1.54, 1.807) is 10.8 Å². The fourth-order valence-electron chi connectivity index (χ4n) is 0.990. The smallest absolute Gasteiger partial charge is 0.251 e. The Bertz CT molecular complexity index is 333. The van der Waals surface area contributed by atoms with Crippen LogP contribution in [0.1, 0.15) is 0 Å². The van der Waals surface area contributed by atoms with Gasteiger partial charge in [-0.05, 0) is 20.2 Å². The summed E-state index contributed by atoms with van der Waals surface area (Å²) in [6.45, 7) is 1.59. The van der Waals surface area contributed by atoms with Crippen molar-refractivity contribution < 1.29 is 0 Å². The molecule has 4 heteroatoms. The monoisotopic (exact) mass is 198 g/mol. The molecule has 0 bridgehead atoms. The predicted molar refractivity (Wildman–Crippen MR) is 56.5 cm³/mol. The maximum Gasteiger partial charge on any atom is 0.251 e. The Labute approximate surface area is 83.4 Å². The van der Waals surface area contributed by atoms with Crippen molar-refractivity contribution in [3.05, 3.63) is 28.7 Å². The molecule has 1 heterocycles. The van der Waals surface area contributed by atoms with Crippen molar-refractivity contribution in [3.8, 4) is 0 Å². The van der Waals surface area contributed by atoms with Gasteiger partial charge in [-0.15, -0.1) is 12.6 Å². The van der Waals surface area contributed by atoms with E-state index in [-0.39, 0.29) is 5.56 Å². The number of nitrogens with zero attached hydrogens (tertiary/aromatic N) is 2. The predicted octanol–water partition coefficient (Wildman–Crippen LogP) is 0.699. The molecule has 0 saturated heterocycles. The van der Waals surface area contributed by atoms with Gasteiger partial charge in [-0.2, -0.15) is 0 Å². The molecule has 0 N–H and O–H groups in total. The van der Waals surface area contributed by atoms with Gasteiger partial charge in [-0.3, -0.25) is 4.79 Å². The molecule has 0 aliphatic rings. The van der Waals surface area contributed by atoms with E-state index in [0.29, 0.717) is 4.90 Å². The number of hydrogen-bond acceptors (Lipinski definition) is 3. The van der Waals surface area contributed by atoms with Crippen LogP contribution in [-0.2, 0) is 6.54 Å². The summed E-state index contributed by atoms with van der Waals surface area (Å²) in [5.74, 6) is 0. The van der Waals surface area contributed by atoms with Crippen molar-refractivity contribution in [2.24, 2.45) is 0 Å². The molecule has 0 aliphatic heterocycles. The van der Waals surface area contributed by atoms with E-state index in [4.69, 9.17) is 0 Å². The highest BCUT2D eigenvalue weighted by Crippen LogP contribution is 1.98. The first kappa shape index (κ1) is 10.3. The highest BCUT2D eigenvalue weighted by molar-refractivity contribution is 7.80. The van der Waals surface area contributed by atoms with E-state index in [9.17, 15) is 4.79 Å². The lowest BCUT2D eigenvalue weighted by Gasteiger charge is -2.10. The SMILES string of the molecule is CN(C)CCn1ccc(S)cc1=O. The minimum Gasteiger partial charge on any atom is -0.314 e. The summed E-state index contributed by atoms with van der Waals surface area (Å²) in [6, 6.07) is 3.35. The van der Waals surface area contributed by atoms with Crippen LogP contribution in [0.4, 0.5) is 0 Å². The van der Waals surface area contributed by atoms with E-state index in [0.717, 1.165) is 13.1 Å². The standard InChI is InChI=1S/C9H14N2OS/c1-10(2)5-6-11-4-3-8(13)7-9(11)12/h3-4,7,13H,5-6H2,1-2H3. The molecule has 0 radical (unpaired) electrons. The van der Waals surface area contributed by atoms with Gasteiger partial charge in [0, 0.05) is 30.2 Å². The highest BCUT2D eigenvalue weighted by Gasteiger charge is 1.96. The summed E-state index contributed by atoms with van der Waals surface area (Å²) in [4.78, 5) is 14.1. The van der Waals surface area contributed by atoms with Gasteiger partial charge < -0.3 is 9.47 Å². The van der Waals surface area contributed by atoms with Crippen LogP contribution in [-0.4, -0.2) is 30.1 Å². The number of aromatic nitrogens is 1. The zero-order valence-corrected chi connectivity index (χ0v) is 8.79. The fourth-order valence-corrected chi connectivity index (χ4v) is 1.17. The molecule has 0 aromatic carbocycles. The highest BCUT2D eigenvalue weighted by atomic mass is 32.1. The molecule has 1 aromatic rings. The van der Waals surface area contributed by atoms with Crippen molar-refractivity contribution in [2.75, 3.05) is 20.6 Å². The lowest BCUT2D eigenvalue weighted by Crippen LogP contribution is -2.25. The summed E-state index contributed by atoms with van der Waals surface area (Å²) in [5, 5.41) is 0. The molecule has 0 atom stereocenters. The lowest BCUT2D eigenvalue weighted by molar-refractivity contribution is 0.380. The Morgan fingerprint density at radius 3 is 2.77 bits per heavy atom. The normalized spacial score (nSPS) is 10.8. The molecular weight excluding hydrogens is 184 g/mol. The van der Waals surface area contributed by atoms with Crippen molar-refractivity contribution in [1.29, 1.82) is 0 Å². The van der Waals surface area contributed by atoms with Crippen LogP contribution < -0.4 is 5.56 Å². The topological polar surface area (TPSA) is 25.2 Å². The number of thiol groups is 1. The Hall–Kier alpha value is -0.740. The third-order valence-corrected chi connectivity index (χ3v) is 2.05. The summed E-state index contributed by atoms with van der Waals surface area (Å²) < 4.78 is 1.68. The number of hydrogen-bond donors (Lipinski definition) is 1. The van der Waals surface area contributed by atoms with Gasteiger partial charge in [-0.1, -0.05) is 0 Å². The third kappa shape index (κ3) is 3.24. The van der Waals surface area contributed by atoms with E-state index in [1.807, 2.05) is 25.1 Å². The maximum atomic E-state index is 11.3. The summed E-state index contributed by atoms with van der Waals surface area (Å²) in [7, 11) is 3.97. The first-order valence-electron chi connectivity index (χ1n) is 4.14. The van der Waals surface area contributed by atoms with Crippen LogP contribution in [0.15, 0.2) is 28.0 Å². The Morgan fingerprint density at radius 2 is 2.23 bits per heavy atom. The Kier molecular flexibility index (Phi) is 3.57. The second-order valence-electron chi connectivity index (χ2n) is 3.22. The molecule has 0 unspecified atom stereocenters. The van der Waals surface area contributed by atoms with Crippen LogP contribution in [0.25, 0.3) is 0 Å². The minimum absolute atomic E-state index is 0.00866. The van der Waals surface area contributed by atoms with Gasteiger partial charge in [0.25, 0.3) is 5.56 Å². The van der Waals surface area contributed by atoms with Gasteiger partial charge in [0.15, 0.2) is 0 Å². The molecule has 0 aliphatic carbocycles. The van der Waals surface area contributed by atoms with Crippen LogP contribution in [0, 0.1) is 0 Å². The van der Waals surface area contributed by atoms with Gasteiger partial charge >= 0.3 is 0 Å². The maximum absolute atomic E-state index is 11.3. The lowest BCUT2D eigenvalue weighted by atomic mass is 10.4. The quantitative estimate of drug-likeness (QED) is 0.723. The van der Waals surface area contributed by atoms with Gasteiger partial charge in [-0.25, -0.2) is 0 Å². The zero-order chi connectivity index (χ0) is 9.84. The number of rotatable bonds is 3. The Morgan fingerprint density at radius 1 is 1.54 bits per heavy atom. The summed E-state index contributed by atoms with van der Waals surface area (Å²) in [6.07, 6.45) is 1.77. The van der Waals surface area contributed by atoms with E-state index in [2.05, 4.69) is 12.6 Å². The molecule has 72 valence electrons. The molecule has 0 amide bonds. The van der Waals surface area contributed by atoms with Crippen LogP contribution >= 0.6 is 12.6 Å². The molecule has 1 rings (SSSR count). The first-order valence-corrected chi connectivity index (χ1v) is 4.58. The average molecular weight is 198 g/mol. The molecule has 13 heavy (non-hydrogen) atoms. The van der Waals surface area contributed by atoms with Crippen LogP contribution in [0.3, 0.4) is 0 Å². The molecule has 0 fully saturated rings. The summed E-state index contributed by atoms with van der Waals surface area (Å²) >= 11 is 4.09. The van der Waals surface area contributed by atoms with Crippen molar-refractivity contribution in [2.45, 2.75) is 11.4 Å². The van der Waals surface area contributed by atoms with Crippen LogP contribution in [0.2, 0.25) is 0 Å². The zero-order valence-electron chi connectivity index (χ0n) is 7.90. The largest absolute Gasteiger partial charge is 0.314 e. The summed E-state index contributed by atoms with van der Waals surface area (Å²) in [5.41, 5.74) is 0.00866. The van der Waals surface area contributed by atoms with E-state index in [1.165, 1.54) is 6.07 Å². The van der Waals surface area contributed by atoms with Crippen molar-refractivity contribution in [1.82, 2.24) is 9.47 Å². The second-order valence-corrected chi connectivity index (χ2v) is 3.74. The third-order valence-electron chi connectivity index (χ3n) is 1.77. The molecule has 1 aromatic heterocycles. The van der Waals surface area contributed by atoms with Crippen molar-refractivity contribution >= 4 is 12.6 Å². The fraction of sp³-hybridized carbons (Fsp3) is 0.444. The van der Waals surface area contributed by atoms with Crippen LogP contribution in [0.5, 0.6) is 0 Å². The number of likely N-dealkylation sites (N-methyl/N-ethyl adjacent to an activating group) is 1. The second kappa shape index (κ2) is 4.48.